The standard InChI is InChI=1S/C14H18N4O4.ClH/c1-2-3-4-5-9-6-10(19)12(13-16-8-17-18(9)13)14(22)15-7-11(20)21;/h6,8H,2-5,7H2,1H3,(H,15,22)(H,16,17)(H,20,21);1H. The van der Waals surface area contributed by atoms with E-state index < -0.39 is 23.9 Å². The van der Waals surface area contributed by atoms with Gasteiger partial charge in [0, 0.05) is 11.8 Å². The lowest BCUT2D eigenvalue weighted by Gasteiger charge is -2.08. The molecule has 1 amide bonds. The van der Waals surface area contributed by atoms with Crippen molar-refractivity contribution < 1.29 is 14.7 Å². The lowest BCUT2D eigenvalue weighted by molar-refractivity contribution is -0.135. The molecule has 126 valence electrons. The molecular weight excluding hydrogens is 324 g/mol. The molecule has 0 aliphatic heterocycles. The Morgan fingerprint density at radius 1 is 1.39 bits per heavy atom. The number of carboxylic acids is 1. The molecule has 0 radical (unpaired) electrons. The molecule has 8 nitrogen and oxygen atoms in total. The van der Waals surface area contributed by atoms with Crippen molar-refractivity contribution in [3.8, 4) is 0 Å². The first-order valence-electron chi connectivity index (χ1n) is 7.12. The Labute approximate surface area is 138 Å². The van der Waals surface area contributed by atoms with Gasteiger partial charge >= 0.3 is 5.97 Å². The van der Waals surface area contributed by atoms with Crippen LogP contribution in [0.25, 0.3) is 5.65 Å². The number of aromatic nitrogens is 3. The zero-order valence-electron chi connectivity index (χ0n) is 12.7. The lowest BCUT2D eigenvalue weighted by Crippen LogP contribution is -2.33. The largest absolute Gasteiger partial charge is 0.480 e. The first-order valence-corrected chi connectivity index (χ1v) is 7.12. The fraction of sp³-hybridized carbons (Fsp3) is 0.429. The van der Waals surface area contributed by atoms with Crippen LogP contribution >= 0.6 is 12.4 Å². The van der Waals surface area contributed by atoms with Gasteiger partial charge in [-0.2, -0.15) is 0 Å². The summed E-state index contributed by atoms with van der Waals surface area (Å²) in [4.78, 5) is 38.7. The molecule has 0 saturated carbocycles. The summed E-state index contributed by atoms with van der Waals surface area (Å²) >= 11 is 0. The number of H-pyrrole nitrogens is 1. The quantitative estimate of drug-likeness (QED) is 0.649. The maximum absolute atomic E-state index is 12.2. The van der Waals surface area contributed by atoms with Crippen molar-refractivity contribution in [1.82, 2.24) is 19.9 Å². The van der Waals surface area contributed by atoms with E-state index in [4.69, 9.17) is 5.11 Å². The number of unbranched alkanes of at least 4 members (excludes halogenated alkanes) is 2. The van der Waals surface area contributed by atoms with Crippen LogP contribution in [0.4, 0.5) is 0 Å². The molecule has 0 aliphatic carbocycles. The second-order valence-corrected chi connectivity index (χ2v) is 4.95. The van der Waals surface area contributed by atoms with E-state index in [1.54, 1.807) is 4.52 Å². The van der Waals surface area contributed by atoms with Gasteiger partial charge in [-0.15, -0.1) is 12.4 Å². The molecule has 2 aromatic rings. The highest BCUT2D eigenvalue weighted by atomic mass is 35.5. The summed E-state index contributed by atoms with van der Waals surface area (Å²) in [5.74, 6) is -1.92. The van der Waals surface area contributed by atoms with Crippen molar-refractivity contribution in [2.75, 3.05) is 6.54 Å². The summed E-state index contributed by atoms with van der Waals surface area (Å²) in [6, 6.07) is 1.40. The van der Waals surface area contributed by atoms with Gasteiger partial charge in [-0.1, -0.05) is 19.8 Å². The van der Waals surface area contributed by atoms with Crippen LogP contribution in [0, 0.1) is 0 Å². The minimum absolute atomic E-state index is 0. The molecule has 0 fully saturated rings. The number of carbonyl (C=O) groups is 2. The number of hydrogen-bond donors (Lipinski definition) is 3. The van der Waals surface area contributed by atoms with Crippen LogP contribution in [-0.4, -0.2) is 38.1 Å². The number of halogens is 1. The number of aromatic amines is 1. The topological polar surface area (TPSA) is 117 Å². The van der Waals surface area contributed by atoms with Crippen LogP contribution in [0.5, 0.6) is 0 Å². The number of carboxylic acid groups (broad SMARTS) is 1. The smallest absolute Gasteiger partial charge is 0.322 e. The first-order chi connectivity index (χ1) is 10.5. The fourth-order valence-electron chi connectivity index (χ4n) is 2.26. The first kappa shape index (κ1) is 18.7. The second-order valence-electron chi connectivity index (χ2n) is 4.95. The van der Waals surface area contributed by atoms with Crippen molar-refractivity contribution in [2.45, 2.75) is 32.6 Å². The Morgan fingerprint density at radius 3 is 2.78 bits per heavy atom. The maximum Gasteiger partial charge on any atom is 0.322 e. The summed E-state index contributed by atoms with van der Waals surface area (Å²) in [5, 5.41) is 13.7. The molecular formula is C14H19ClN4O4. The summed E-state index contributed by atoms with van der Waals surface area (Å²) in [7, 11) is 0. The van der Waals surface area contributed by atoms with E-state index in [1.807, 2.05) is 0 Å². The SMILES string of the molecule is CCCCCc1cc(=O)c(C(=O)NCC(=O)O)c2nc[nH]n12.Cl. The van der Waals surface area contributed by atoms with Crippen molar-refractivity contribution in [3.63, 3.8) is 0 Å². The molecule has 0 unspecified atom stereocenters. The summed E-state index contributed by atoms with van der Waals surface area (Å²) < 4.78 is 1.59. The van der Waals surface area contributed by atoms with Gasteiger partial charge in [0.05, 0.1) is 0 Å². The molecule has 23 heavy (non-hydrogen) atoms. The van der Waals surface area contributed by atoms with E-state index >= 15 is 0 Å². The third-order valence-electron chi connectivity index (χ3n) is 3.30. The van der Waals surface area contributed by atoms with Gasteiger partial charge in [-0.25, -0.2) is 9.50 Å². The molecule has 0 aliphatic rings. The predicted octanol–water partition coefficient (Wildman–Crippen LogP) is 0.991. The molecule has 2 heterocycles. The van der Waals surface area contributed by atoms with Crippen LogP contribution < -0.4 is 10.7 Å². The van der Waals surface area contributed by atoms with E-state index in [-0.39, 0.29) is 23.6 Å². The molecule has 2 rings (SSSR count). The van der Waals surface area contributed by atoms with Gasteiger partial charge in [0.1, 0.15) is 18.4 Å². The third kappa shape index (κ3) is 4.32. The number of pyridine rings is 1. The number of carbonyl (C=O) groups excluding carboxylic acids is 1. The molecule has 0 spiro atoms. The number of hydrogen-bond acceptors (Lipinski definition) is 4. The average Bonchev–Trinajstić information content (AvgIpc) is 2.94. The average molecular weight is 343 g/mol. The van der Waals surface area contributed by atoms with Gasteiger partial charge in [-0.3, -0.25) is 19.5 Å². The van der Waals surface area contributed by atoms with Gasteiger partial charge < -0.3 is 10.4 Å². The van der Waals surface area contributed by atoms with Gasteiger partial charge in [0.25, 0.3) is 5.91 Å². The summed E-state index contributed by atoms with van der Waals surface area (Å²) in [6.07, 6.45) is 5.14. The Morgan fingerprint density at radius 2 is 2.13 bits per heavy atom. The minimum atomic E-state index is -1.18. The monoisotopic (exact) mass is 342 g/mol. The molecule has 0 saturated heterocycles. The van der Waals surface area contributed by atoms with E-state index in [0.717, 1.165) is 25.0 Å². The van der Waals surface area contributed by atoms with Crippen LogP contribution in [0.2, 0.25) is 0 Å². The number of fused-ring (bicyclic) bond motifs is 1. The zero-order chi connectivity index (χ0) is 16.1. The zero-order valence-corrected chi connectivity index (χ0v) is 13.5. The van der Waals surface area contributed by atoms with Gasteiger partial charge in [-0.05, 0) is 12.8 Å². The van der Waals surface area contributed by atoms with Gasteiger partial charge in [0.2, 0.25) is 0 Å². The highest BCUT2D eigenvalue weighted by Crippen LogP contribution is 2.10. The van der Waals surface area contributed by atoms with Crippen LogP contribution in [-0.2, 0) is 11.2 Å². The van der Waals surface area contributed by atoms with Gasteiger partial charge in [0.15, 0.2) is 11.1 Å². The maximum atomic E-state index is 12.2. The minimum Gasteiger partial charge on any atom is -0.480 e. The number of rotatable bonds is 7. The molecule has 2 aromatic heterocycles. The fourth-order valence-corrected chi connectivity index (χ4v) is 2.26. The van der Waals surface area contributed by atoms with E-state index in [0.29, 0.717) is 6.42 Å². The Bertz CT molecular complexity index is 753. The van der Waals surface area contributed by atoms with E-state index in [2.05, 4.69) is 22.3 Å². The van der Waals surface area contributed by atoms with Crippen LogP contribution in [0.3, 0.4) is 0 Å². The molecule has 3 N–H and O–H groups in total. The van der Waals surface area contributed by atoms with Crippen molar-refractivity contribution in [1.29, 1.82) is 0 Å². The van der Waals surface area contributed by atoms with E-state index in [9.17, 15) is 14.4 Å². The number of nitrogens with zero attached hydrogens (tertiary/aromatic N) is 2. The summed E-state index contributed by atoms with van der Waals surface area (Å²) in [5.41, 5.74) is 0.353. The van der Waals surface area contributed by atoms with E-state index in [1.165, 1.54) is 12.4 Å². The summed E-state index contributed by atoms with van der Waals surface area (Å²) in [6.45, 7) is 1.54. The third-order valence-corrected chi connectivity index (χ3v) is 3.30. The van der Waals surface area contributed by atoms with Crippen molar-refractivity contribution in [2.24, 2.45) is 0 Å². The molecule has 9 heteroatoms. The van der Waals surface area contributed by atoms with Crippen molar-refractivity contribution in [3.05, 3.63) is 33.9 Å². The molecule has 0 aromatic carbocycles. The Kier molecular flexibility index (Phi) is 6.77. The number of amides is 1. The van der Waals surface area contributed by atoms with Crippen molar-refractivity contribution >= 4 is 29.9 Å². The number of aryl methyl sites for hydroxylation is 1. The lowest BCUT2D eigenvalue weighted by atomic mass is 10.1. The normalized spacial score (nSPS) is 10.3. The number of nitrogens with one attached hydrogen (secondary N) is 2. The predicted molar refractivity (Wildman–Crippen MR) is 86.3 cm³/mol. The highest BCUT2D eigenvalue weighted by molar-refractivity contribution is 6.00. The Hall–Kier alpha value is -2.35. The van der Waals surface area contributed by atoms with Crippen LogP contribution in [0.15, 0.2) is 17.2 Å². The Balaban J connectivity index is 0.00000264. The number of aliphatic carboxylic acids is 1. The molecule has 0 atom stereocenters. The molecule has 0 bridgehead atoms. The highest BCUT2D eigenvalue weighted by Gasteiger charge is 2.19. The van der Waals surface area contributed by atoms with Crippen LogP contribution in [0.1, 0.15) is 42.2 Å². The second kappa shape index (κ2) is 8.33.